The Morgan fingerprint density at radius 2 is 1.86 bits per heavy atom. The normalized spacial score (nSPS) is 17.9. The van der Waals surface area contributed by atoms with Crippen LogP contribution in [0.25, 0.3) is 0 Å². The summed E-state index contributed by atoms with van der Waals surface area (Å²) in [7, 11) is 1.89. The first-order valence-corrected chi connectivity index (χ1v) is 12.0. The standard InChI is InChI=1S/C26H36F3N3O3/c1-24(2,3)21-15-22(32(31(21)6)16-19-8-7-13-35-19)30-23(33)20-14-18(26(27,28)29)10-9-17(20)11-12-25(4,5)34/h9-10,14-15,19,34H,7-8,11-13,16H2,1-6H3/t19-/m1/s1. The second-order valence-electron chi connectivity index (χ2n) is 11.0. The Balaban J connectivity index is 2.10. The van der Waals surface area contributed by atoms with Crippen LogP contribution in [0.3, 0.4) is 0 Å². The van der Waals surface area contributed by atoms with E-state index >= 15 is 0 Å². The molecule has 1 fully saturated rings. The molecule has 0 unspecified atom stereocenters. The quantitative estimate of drug-likeness (QED) is 0.628. The van der Waals surface area contributed by atoms with Gasteiger partial charge in [0.05, 0.1) is 23.8 Å². The highest BCUT2D eigenvalue weighted by atomic mass is 19.4. The molecule has 3 rings (SSSR count). The first-order chi connectivity index (χ1) is 16.1. The maximum absolute atomic E-state index is 13.4. The Labute approximate surface area is 204 Å². The fourth-order valence-electron chi connectivity index (χ4n) is 4.34. The van der Waals surface area contributed by atoms with Crippen molar-refractivity contribution in [1.29, 1.82) is 0 Å². The molecule has 1 aromatic carbocycles. The van der Waals surface area contributed by atoms with Crippen LogP contribution in [0.5, 0.6) is 0 Å². The van der Waals surface area contributed by atoms with Crippen molar-refractivity contribution in [1.82, 2.24) is 9.36 Å². The van der Waals surface area contributed by atoms with Crippen LogP contribution in [-0.2, 0) is 36.3 Å². The third kappa shape index (κ3) is 6.85. The van der Waals surface area contributed by atoms with Gasteiger partial charge in [-0.25, -0.2) is 0 Å². The van der Waals surface area contributed by atoms with Gasteiger partial charge in [-0.1, -0.05) is 26.8 Å². The molecular weight excluding hydrogens is 459 g/mol. The summed E-state index contributed by atoms with van der Waals surface area (Å²) in [6.07, 6.45) is -2.21. The van der Waals surface area contributed by atoms with E-state index in [1.807, 2.05) is 43.2 Å². The molecule has 6 nitrogen and oxygen atoms in total. The summed E-state index contributed by atoms with van der Waals surface area (Å²) in [6.45, 7) is 10.6. The van der Waals surface area contributed by atoms with Crippen LogP contribution in [-0.4, -0.2) is 38.7 Å². The number of hydrogen-bond donors (Lipinski definition) is 1. The van der Waals surface area contributed by atoms with Gasteiger partial charge in [-0.2, -0.15) is 18.2 Å². The molecule has 1 amide bonds. The molecule has 2 aromatic rings. The molecule has 0 radical (unpaired) electrons. The zero-order valence-corrected chi connectivity index (χ0v) is 21.4. The second-order valence-corrected chi connectivity index (χ2v) is 11.0. The van der Waals surface area contributed by atoms with Gasteiger partial charge >= 0.3 is 6.18 Å². The van der Waals surface area contributed by atoms with E-state index in [1.54, 1.807) is 13.8 Å². The summed E-state index contributed by atoms with van der Waals surface area (Å²) in [4.78, 5) is 17.7. The molecule has 1 aliphatic heterocycles. The predicted octanol–water partition coefficient (Wildman–Crippen LogP) is 4.77. The van der Waals surface area contributed by atoms with E-state index in [2.05, 4.69) is 4.99 Å². The number of amides is 1. The Hall–Kier alpha value is -2.39. The lowest BCUT2D eigenvalue weighted by molar-refractivity contribution is -0.137. The monoisotopic (exact) mass is 495 g/mol. The SMILES string of the molecule is Cn1c(C(C)(C)C)cc(=NC(=O)c2cc(C(F)(F)F)ccc2CCC(C)(C)O)n1C[C@H]1CCCO1. The molecule has 1 saturated heterocycles. The highest BCUT2D eigenvalue weighted by molar-refractivity contribution is 5.96. The van der Waals surface area contributed by atoms with E-state index in [4.69, 9.17) is 4.74 Å². The van der Waals surface area contributed by atoms with E-state index in [-0.39, 0.29) is 29.9 Å². The molecule has 0 aliphatic carbocycles. The molecule has 9 heteroatoms. The summed E-state index contributed by atoms with van der Waals surface area (Å²) < 4.78 is 49.9. The zero-order valence-electron chi connectivity index (χ0n) is 21.4. The molecule has 0 saturated carbocycles. The topological polar surface area (TPSA) is 68.8 Å². The number of carbonyl (C=O) groups is 1. The number of hydrogen-bond acceptors (Lipinski definition) is 3. The number of carbonyl (C=O) groups excluding carboxylic acids is 1. The van der Waals surface area contributed by atoms with Crippen molar-refractivity contribution in [3.05, 3.63) is 52.1 Å². The molecule has 1 aliphatic rings. The number of aliphatic hydroxyl groups is 1. The molecule has 194 valence electrons. The van der Waals surface area contributed by atoms with Gasteiger partial charge in [0.2, 0.25) is 0 Å². The molecular formula is C26H36F3N3O3. The van der Waals surface area contributed by atoms with Crippen molar-refractivity contribution >= 4 is 5.91 Å². The average Bonchev–Trinajstić information content (AvgIpc) is 3.34. The van der Waals surface area contributed by atoms with Crippen molar-refractivity contribution < 1.29 is 27.8 Å². The number of ether oxygens (including phenoxy) is 1. The molecule has 0 bridgehead atoms. The average molecular weight is 496 g/mol. The van der Waals surface area contributed by atoms with Gasteiger partial charge in [-0.3, -0.25) is 14.2 Å². The largest absolute Gasteiger partial charge is 0.416 e. The van der Waals surface area contributed by atoms with Crippen molar-refractivity contribution in [2.45, 2.75) is 90.1 Å². The molecule has 1 N–H and O–H groups in total. The van der Waals surface area contributed by atoms with Gasteiger partial charge in [0.1, 0.15) is 0 Å². The van der Waals surface area contributed by atoms with Crippen LogP contribution < -0.4 is 5.49 Å². The Morgan fingerprint density at radius 3 is 2.40 bits per heavy atom. The minimum absolute atomic E-state index is 0.0126. The van der Waals surface area contributed by atoms with Crippen LogP contribution in [0.2, 0.25) is 0 Å². The van der Waals surface area contributed by atoms with Gasteiger partial charge in [0.15, 0.2) is 5.49 Å². The Bertz CT molecular complexity index is 1130. The van der Waals surface area contributed by atoms with Gasteiger partial charge < -0.3 is 9.84 Å². The molecule has 0 spiro atoms. The third-order valence-electron chi connectivity index (χ3n) is 6.30. The highest BCUT2D eigenvalue weighted by Gasteiger charge is 2.32. The molecule has 2 heterocycles. The smallest absolute Gasteiger partial charge is 0.390 e. The van der Waals surface area contributed by atoms with Crippen LogP contribution in [0, 0.1) is 0 Å². The van der Waals surface area contributed by atoms with Crippen LogP contribution in [0.1, 0.15) is 81.1 Å². The lowest BCUT2D eigenvalue weighted by Gasteiger charge is -2.21. The van der Waals surface area contributed by atoms with Crippen molar-refractivity contribution in [2.24, 2.45) is 12.0 Å². The van der Waals surface area contributed by atoms with Gasteiger partial charge in [-0.05, 0) is 57.2 Å². The van der Waals surface area contributed by atoms with Crippen LogP contribution >= 0.6 is 0 Å². The van der Waals surface area contributed by atoms with E-state index in [0.717, 1.165) is 30.7 Å². The lowest BCUT2D eigenvalue weighted by Crippen LogP contribution is -2.30. The maximum Gasteiger partial charge on any atom is 0.416 e. The first-order valence-electron chi connectivity index (χ1n) is 12.0. The minimum Gasteiger partial charge on any atom is -0.390 e. The number of halogens is 3. The lowest BCUT2D eigenvalue weighted by atomic mass is 9.92. The number of aryl methyl sites for hydroxylation is 1. The summed E-state index contributed by atoms with van der Waals surface area (Å²) in [5.74, 6) is -0.742. The number of benzene rings is 1. The van der Waals surface area contributed by atoms with Gasteiger partial charge in [-0.15, -0.1) is 0 Å². The second kappa shape index (κ2) is 9.93. The number of nitrogens with zero attached hydrogens (tertiary/aromatic N) is 3. The van der Waals surface area contributed by atoms with Crippen molar-refractivity contribution in [3.8, 4) is 0 Å². The van der Waals surface area contributed by atoms with Crippen molar-refractivity contribution in [3.63, 3.8) is 0 Å². The van der Waals surface area contributed by atoms with Crippen LogP contribution in [0.15, 0.2) is 29.3 Å². The van der Waals surface area contributed by atoms with Gasteiger partial charge in [0.25, 0.3) is 5.91 Å². The third-order valence-corrected chi connectivity index (χ3v) is 6.30. The molecule has 35 heavy (non-hydrogen) atoms. The zero-order chi connectivity index (χ0) is 26.2. The summed E-state index contributed by atoms with van der Waals surface area (Å²) >= 11 is 0. The number of aromatic nitrogens is 2. The van der Waals surface area contributed by atoms with Crippen molar-refractivity contribution in [2.75, 3.05) is 6.61 Å². The summed E-state index contributed by atoms with van der Waals surface area (Å²) in [5, 5.41) is 10.1. The fourth-order valence-corrected chi connectivity index (χ4v) is 4.34. The molecule has 1 aromatic heterocycles. The number of alkyl halides is 3. The first kappa shape index (κ1) is 27.2. The number of rotatable bonds is 6. The predicted molar refractivity (Wildman–Crippen MR) is 127 cm³/mol. The van der Waals surface area contributed by atoms with E-state index in [1.165, 1.54) is 6.07 Å². The van der Waals surface area contributed by atoms with Gasteiger partial charge in [0, 0.05) is 36.4 Å². The van der Waals surface area contributed by atoms with E-state index in [0.29, 0.717) is 24.2 Å². The Kier molecular flexibility index (Phi) is 7.72. The summed E-state index contributed by atoms with van der Waals surface area (Å²) in [5.41, 5.74) is -0.528. The van der Waals surface area contributed by atoms with E-state index < -0.39 is 23.2 Å². The molecule has 1 atom stereocenters. The fraction of sp³-hybridized carbons (Fsp3) is 0.615. The van der Waals surface area contributed by atoms with E-state index in [9.17, 15) is 23.1 Å². The maximum atomic E-state index is 13.4. The highest BCUT2D eigenvalue weighted by Crippen LogP contribution is 2.31. The minimum atomic E-state index is -4.59. The summed E-state index contributed by atoms with van der Waals surface area (Å²) in [6, 6.07) is 4.96. The van der Waals surface area contributed by atoms with Crippen LogP contribution in [0.4, 0.5) is 13.2 Å². The Morgan fingerprint density at radius 1 is 1.17 bits per heavy atom.